The van der Waals surface area contributed by atoms with Gasteiger partial charge in [-0.15, -0.1) is 0 Å². The monoisotopic (exact) mass is 318 g/mol. The third kappa shape index (κ3) is 3.94. The molecule has 1 fully saturated rings. The molecule has 1 aromatic carbocycles. The van der Waals surface area contributed by atoms with Crippen LogP contribution in [0.3, 0.4) is 0 Å². The minimum Gasteiger partial charge on any atom is -0.399 e. The number of hydrogen-bond acceptors (Lipinski definition) is 5. The highest BCUT2D eigenvalue weighted by Gasteiger charge is 2.32. The summed E-state index contributed by atoms with van der Waals surface area (Å²) in [6.07, 6.45) is 0.332. The molecule has 20 heavy (non-hydrogen) atoms. The van der Waals surface area contributed by atoms with Gasteiger partial charge in [-0.3, -0.25) is 0 Å². The maximum Gasteiger partial charge on any atom is 0.214 e. The van der Waals surface area contributed by atoms with Gasteiger partial charge in [0.2, 0.25) is 10.0 Å². The maximum absolute atomic E-state index is 12.1. The Bertz CT molecular complexity index is 652. The summed E-state index contributed by atoms with van der Waals surface area (Å²) in [6.45, 7) is 0.186. The van der Waals surface area contributed by atoms with E-state index in [1.54, 1.807) is 24.3 Å². The Kier molecular flexibility index (Phi) is 4.36. The fraction of sp³-hybridized carbons (Fsp3) is 0.500. The smallest absolute Gasteiger partial charge is 0.214 e. The van der Waals surface area contributed by atoms with Gasteiger partial charge < -0.3 is 5.73 Å². The van der Waals surface area contributed by atoms with Gasteiger partial charge >= 0.3 is 0 Å². The average Bonchev–Trinajstić information content (AvgIpc) is 2.38. The van der Waals surface area contributed by atoms with Crippen LogP contribution in [0.1, 0.15) is 18.4 Å². The Morgan fingerprint density at radius 2 is 1.70 bits per heavy atom. The highest BCUT2D eigenvalue weighted by atomic mass is 32.2. The Labute approximate surface area is 119 Å². The van der Waals surface area contributed by atoms with Gasteiger partial charge in [-0.2, -0.15) is 0 Å². The quantitative estimate of drug-likeness (QED) is 0.775. The molecule has 0 bridgehead atoms. The van der Waals surface area contributed by atoms with E-state index in [1.807, 2.05) is 0 Å². The van der Waals surface area contributed by atoms with Gasteiger partial charge in [0.15, 0.2) is 0 Å². The van der Waals surface area contributed by atoms with Gasteiger partial charge in [-0.25, -0.2) is 21.6 Å². The zero-order valence-electron chi connectivity index (χ0n) is 10.9. The first kappa shape index (κ1) is 15.3. The van der Waals surface area contributed by atoms with Crippen LogP contribution >= 0.6 is 0 Å². The summed E-state index contributed by atoms with van der Waals surface area (Å²) in [5, 5.41) is -0.625. The van der Waals surface area contributed by atoms with Crippen molar-refractivity contribution in [2.45, 2.75) is 24.6 Å². The van der Waals surface area contributed by atoms with E-state index in [-0.39, 0.29) is 30.9 Å². The third-order valence-corrected chi connectivity index (χ3v) is 7.01. The first-order chi connectivity index (χ1) is 9.28. The van der Waals surface area contributed by atoms with Crippen molar-refractivity contribution < 1.29 is 16.8 Å². The molecule has 1 heterocycles. The van der Waals surface area contributed by atoms with Crippen LogP contribution in [0.5, 0.6) is 0 Å². The van der Waals surface area contributed by atoms with Gasteiger partial charge in [-0.1, -0.05) is 12.1 Å². The number of sulfone groups is 1. The van der Waals surface area contributed by atoms with Crippen LogP contribution in [0.15, 0.2) is 24.3 Å². The molecular weight excluding hydrogens is 300 g/mol. The molecule has 1 aliphatic rings. The molecule has 0 atom stereocenters. The molecule has 3 N–H and O–H groups in total. The van der Waals surface area contributed by atoms with Crippen LogP contribution in [-0.2, 0) is 26.4 Å². The van der Waals surface area contributed by atoms with Crippen molar-refractivity contribution in [1.82, 2.24) is 4.72 Å². The molecule has 0 aromatic heterocycles. The van der Waals surface area contributed by atoms with Gasteiger partial charge in [0.25, 0.3) is 0 Å². The van der Waals surface area contributed by atoms with E-state index in [2.05, 4.69) is 4.72 Å². The summed E-state index contributed by atoms with van der Waals surface area (Å²) in [4.78, 5) is 0. The number of hydrogen-bond donors (Lipinski definition) is 2. The molecule has 0 unspecified atom stereocenters. The minimum atomic E-state index is -3.49. The van der Waals surface area contributed by atoms with E-state index in [4.69, 9.17) is 5.73 Å². The predicted molar refractivity (Wildman–Crippen MR) is 78.3 cm³/mol. The third-order valence-electron chi connectivity index (χ3n) is 3.40. The molecule has 0 spiro atoms. The molecule has 1 aromatic rings. The summed E-state index contributed by atoms with van der Waals surface area (Å²) >= 11 is 0. The second kappa shape index (κ2) is 5.71. The molecule has 1 aliphatic heterocycles. The van der Waals surface area contributed by atoms with Gasteiger partial charge in [-0.05, 0) is 30.5 Å². The van der Waals surface area contributed by atoms with Crippen LogP contribution in [-0.4, -0.2) is 33.6 Å². The zero-order valence-corrected chi connectivity index (χ0v) is 12.6. The fourth-order valence-corrected chi connectivity index (χ4v) is 5.37. The molecular formula is C12H18N2O4S2. The van der Waals surface area contributed by atoms with Crippen molar-refractivity contribution in [3.8, 4) is 0 Å². The molecule has 112 valence electrons. The van der Waals surface area contributed by atoms with Gasteiger partial charge in [0.1, 0.15) is 9.84 Å². The zero-order chi connectivity index (χ0) is 14.8. The number of anilines is 1. The average molecular weight is 318 g/mol. The molecule has 0 radical (unpaired) electrons. The van der Waals surface area contributed by atoms with Gasteiger partial charge in [0, 0.05) is 12.2 Å². The first-order valence-electron chi connectivity index (χ1n) is 6.32. The summed E-state index contributed by atoms with van der Waals surface area (Å²) < 4.78 is 49.4. The second-order valence-electron chi connectivity index (χ2n) is 4.96. The van der Waals surface area contributed by atoms with Crippen LogP contribution in [0.4, 0.5) is 5.69 Å². The maximum atomic E-state index is 12.1. The van der Waals surface area contributed by atoms with E-state index in [0.717, 1.165) is 5.56 Å². The Morgan fingerprint density at radius 1 is 1.15 bits per heavy atom. The van der Waals surface area contributed by atoms with E-state index in [0.29, 0.717) is 5.69 Å². The molecule has 8 heteroatoms. The SMILES string of the molecule is Nc1ccc(CNS(=O)(=O)C2CCS(=O)(=O)CC2)cc1. The Morgan fingerprint density at radius 3 is 2.25 bits per heavy atom. The largest absolute Gasteiger partial charge is 0.399 e. The number of nitrogen functional groups attached to an aromatic ring is 1. The summed E-state index contributed by atoms with van der Waals surface area (Å²) in [6, 6.07) is 6.92. The highest BCUT2D eigenvalue weighted by Crippen LogP contribution is 2.19. The first-order valence-corrected chi connectivity index (χ1v) is 9.69. The number of sulfonamides is 1. The van der Waals surface area contributed by atoms with Crippen LogP contribution < -0.4 is 10.5 Å². The van der Waals surface area contributed by atoms with Crippen molar-refractivity contribution in [2.24, 2.45) is 0 Å². The lowest BCUT2D eigenvalue weighted by atomic mass is 10.2. The van der Waals surface area contributed by atoms with E-state index in [9.17, 15) is 16.8 Å². The summed E-state index contributed by atoms with van der Waals surface area (Å²) in [5.41, 5.74) is 6.99. The van der Waals surface area contributed by atoms with E-state index >= 15 is 0 Å². The minimum absolute atomic E-state index is 0.0551. The van der Waals surface area contributed by atoms with Crippen molar-refractivity contribution >= 4 is 25.5 Å². The number of nitrogens with one attached hydrogen (secondary N) is 1. The molecule has 0 aliphatic carbocycles. The van der Waals surface area contributed by atoms with E-state index in [1.165, 1.54) is 0 Å². The molecule has 2 rings (SSSR count). The molecule has 6 nitrogen and oxygen atoms in total. The standard InChI is InChI=1S/C12H18N2O4S2/c13-11-3-1-10(2-4-11)9-14-20(17,18)12-5-7-19(15,16)8-6-12/h1-4,12,14H,5-9,13H2. The van der Waals surface area contributed by atoms with Crippen molar-refractivity contribution in [3.05, 3.63) is 29.8 Å². The fourth-order valence-electron chi connectivity index (χ4n) is 2.12. The predicted octanol–water partition coefficient (Wildman–Crippen LogP) is 0.265. The van der Waals surface area contributed by atoms with E-state index < -0.39 is 25.1 Å². The number of rotatable bonds is 4. The lowest BCUT2D eigenvalue weighted by molar-refractivity contribution is 0.542. The number of nitrogens with two attached hydrogens (primary N) is 1. The lowest BCUT2D eigenvalue weighted by Gasteiger charge is -2.22. The second-order valence-corrected chi connectivity index (χ2v) is 9.31. The normalized spacial score (nSPS) is 19.8. The molecule has 0 saturated carbocycles. The van der Waals surface area contributed by atoms with Crippen molar-refractivity contribution in [1.29, 1.82) is 0 Å². The topological polar surface area (TPSA) is 106 Å². The lowest BCUT2D eigenvalue weighted by Crippen LogP contribution is -2.39. The van der Waals surface area contributed by atoms with Crippen LogP contribution in [0, 0.1) is 0 Å². The molecule has 1 saturated heterocycles. The van der Waals surface area contributed by atoms with Crippen molar-refractivity contribution in [2.75, 3.05) is 17.2 Å². The van der Waals surface area contributed by atoms with Crippen LogP contribution in [0.25, 0.3) is 0 Å². The molecule has 0 amide bonds. The highest BCUT2D eigenvalue weighted by molar-refractivity contribution is 7.92. The van der Waals surface area contributed by atoms with Crippen molar-refractivity contribution in [3.63, 3.8) is 0 Å². The van der Waals surface area contributed by atoms with Gasteiger partial charge in [0.05, 0.1) is 16.8 Å². The Balaban J connectivity index is 1.96. The van der Waals surface area contributed by atoms with Crippen LogP contribution in [0.2, 0.25) is 0 Å². The summed E-state index contributed by atoms with van der Waals surface area (Å²) in [5.74, 6) is -0.110. The summed E-state index contributed by atoms with van der Waals surface area (Å²) in [7, 11) is -6.54. The number of benzene rings is 1. The Hall–Kier alpha value is -1.12.